The van der Waals surface area contributed by atoms with Gasteiger partial charge >= 0.3 is 0 Å². The van der Waals surface area contributed by atoms with E-state index in [-0.39, 0.29) is 23.7 Å². The van der Waals surface area contributed by atoms with Crippen molar-refractivity contribution in [1.29, 1.82) is 0 Å². The van der Waals surface area contributed by atoms with E-state index >= 15 is 0 Å². The Balaban J connectivity index is 1.82. The highest BCUT2D eigenvalue weighted by molar-refractivity contribution is 5.94. The minimum absolute atomic E-state index is 0.0271. The van der Waals surface area contributed by atoms with E-state index in [4.69, 9.17) is 4.74 Å². The molecule has 1 unspecified atom stereocenters. The number of carbonyl (C=O) groups excluding carboxylic acids is 1. The molecular weight excluding hydrogens is 339 g/mol. The van der Waals surface area contributed by atoms with Gasteiger partial charge in [0.25, 0.3) is 5.91 Å². The van der Waals surface area contributed by atoms with Crippen molar-refractivity contribution < 1.29 is 19.0 Å². The Bertz CT molecular complexity index is 779. The number of halogens is 1. The van der Waals surface area contributed by atoms with Crippen LogP contribution in [-0.4, -0.2) is 41.2 Å². The molecular formula is C18H21FN4O3. The van der Waals surface area contributed by atoms with Crippen molar-refractivity contribution in [1.82, 2.24) is 15.3 Å². The van der Waals surface area contributed by atoms with E-state index in [1.165, 1.54) is 31.6 Å². The average molecular weight is 360 g/mol. The molecule has 1 amide bonds. The van der Waals surface area contributed by atoms with E-state index in [0.717, 1.165) is 0 Å². The van der Waals surface area contributed by atoms with Crippen molar-refractivity contribution in [3.05, 3.63) is 47.5 Å². The Kier molecular flexibility index (Phi) is 5.32. The molecule has 1 aromatic heterocycles. The molecule has 0 saturated heterocycles. The van der Waals surface area contributed by atoms with Crippen LogP contribution in [0.15, 0.2) is 30.6 Å². The van der Waals surface area contributed by atoms with Gasteiger partial charge in [-0.3, -0.25) is 4.79 Å². The highest BCUT2D eigenvalue weighted by Crippen LogP contribution is 2.39. The Morgan fingerprint density at radius 1 is 1.35 bits per heavy atom. The number of rotatable bonds is 6. The predicted molar refractivity (Wildman–Crippen MR) is 93.5 cm³/mol. The highest BCUT2D eigenvalue weighted by Gasteiger charge is 2.36. The fourth-order valence-corrected chi connectivity index (χ4v) is 3.05. The van der Waals surface area contributed by atoms with E-state index < -0.39 is 11.9 Å². The first kappa shape index (κ1) is 18.1. The molecule has 1 saturated carbocycles. The Hall–Kier alpha value is -2.74. The molecule has 138 valence electrons. The lowest BCUT2D eigenvalue weighted by molar-refractivity contribution is 0.0234. The first-order valence-corrected chi connectivity index (χ1v) is 8.34. The number of aliphatic hydroxyl groups is 1. The minimum atomic E-state index is -0.495. The van der Waals surface area contributed by atoms with Crippen LogP contribution in [0.3, 0.4) is 0 Å². The van der Waals surface area contributed by atoms with Crippen molar-refractivity contribution in [2.45, 2.75) is 25.0 Å². The van der Waals surface area contributed by atoms with E-state index in [0.29, 0.717) is 29.9 Å². The number of ether oxygens (including phenoxy) is 1. The third-order valence-corrected chi connectivity index (χ3v) is 4.58. The zero-order valence-electron chi connectivity index (χ0n) is 14.6. The first-order chi connectivity index (χ1) is 12.5. The van der Waals surface area contributed by atoms with Gasteiger partial charge in [0.1, 0.15) is 0 Å². The first-order valence-electron chi connectivity index (χ1n) is 8.34. The van der Waals surface area contributed by atoms with Gasteiger partial charge in [0.05, 0.1) is 24.8 Å². The Labute approximate surface area is 150 Å². The van der Waals surface area contributed by atoms with Gasteiger partial charge in [0, 0.05) is 19.4 Å². The fourth-order valence-electron chi connectivity index (χ4n) is 3.05. The lowest BCUT2D eigenvalue weighted by Gasteiger charge is -2.38. The van der Waals surface area contributed by atoms with Gasteiger partial charge in [-0.2, -0.15) is 0 Å². The van der Waals surface area contributed by atoms with Gasteiger partial charge in [0.2, 0.25) is 5.95 Å². The normalized spacial score (nSPS) is 20.0. The monoisotopic (exact) mass is 360 g/mol. The molecule has 3 N–H and O–H groups in total. The number of nitrogens with one attached hydrogen (secondary N) is 2. The third kappa shape index (κ3) is 3.75. The topological polar surface area (TPSA) is 96.4 Å². The number of hydrogen-bond donors (Lipinski definition) is 3. The molecule has 1 atom stereocenters. The van der Waals surface area contributed by atoms with Crippen LogP contribution in [0.4, 0.5) is 10.3 Å². The van der Waals surface area contributed by atoms with Crippen LogP contribution in [0.5, 0.6) is 5.75 Å². The number of benzene rings is 1. The number of hydrogen-bond acceptors (Lipinski definition) is 6. The molecule has 0 bridgehead atoms. The summed E-state index contributed by atoms with van der Waals surface area (Å²) in [6.07, 6.45) is 3.56. The molecule has 0 aliphatic heterocycles. The van der Waals surface area contributed by atoms with E-state index in [1.807, 2.05) is 0 Å². The lowest BCUT2D eigenvalue weighted by atomic mass is 9.75. The van der Waals surface area contributed by atoms with Crippen molar-refractivity contribution >= 4 is 11.9 Å². The maximum absolute atomic E-state index is 14.1. The van der Waals surface area contributed by atoms with Crippen LogP contribution in [0.25, 0.3) is 0 Å². The van der Waals surface area contributed by atoms with Gasteiger partial charge in [-0.1, -0.05) is 6.07 Å². The fraction of sp³-hybridized carbons (Fsp3) is 0.389. The summed E-state index contributed by atoms with van der Waals surface area (Å²) in [5.74, 6) is -0.263. The molecule has 2 aromatic rings. The quantitative estimate of drug-likeness (QED) is 0.728. The molecule has 0 radical (unpaired) electrons. The smallest absolute Gasteiger partial charge is 0.254 e. The lowest BCUT2D eigenvalue weighted by Crippen LogP contribution is -2.41. The maximum atomic E-state index is 14.1. The maximum Gasteiger partial charge on any atom is 0.254 e. The van der Waals surface area contributed by atoms with Crippen molar-refractivity contribution in [3.8, 4) is 5.75 Å². The highest BCUT2D eigenvalue weighted by atomic mass is 19.1. The summed E-state index contributed by atoms with van der Waals surface area (Å²) >= 11 is 0. The van der Waals surface area contributed by atoms with E-state index in [1.54, 1.807) is 13.1 Å². The average Bonchev–Trinajstić information content (AvgIpc) is 2.63. The number of anilines is 1. The second-order valence-electron chi connectivity index (χ2n) is 6.28. The van der Waals surface area contributed by atoms with Crippen LogP contribution in [0, 0.1) is 11.7 Å². The summed E-state index contributed by atoms with van der Waals surface area (Å²) in [5.41, 5.74) is 0.934. The summed E-state index contributed by atoms with van der Waals surface area (Å²) in [5, 5.41) is 15.3. The number of aromatic nitrogens is 2. The molecule has 1 aliphatic rings. The summed E-state index contributed by atoms with van der Waals surface area (Å²) in [7, 11) is 3.08. The molecule has 1 fully saturated rings. The Morgan fingerprint density at radius 3 is 2.58 bits per heavy atom. The van der Waals surface area contributed by atoms with Gasteiger partial charge in [-0.15, -0.1) is 0 Å². The zero-order valence-corrected chi connectivity index (χ0v) is 14.6. The van der Waals surface area contributed by atoms with E-state index in [2.05, 4.69) is 20.6 Å². The molecule has 3 rings (SSSR count). The molecule has 0 spiro atoms. The number of nitrogens with zero attached hydrogens (tertiary/aromatic N) is 2. The summed E-state index contributed by atoms with van der Waals surface area (Å²) in [4.78, 5) is 20.6. The number of methoxy groups -OCH3 is 1. The number of aliphatic hydroxyl groups excluding tert-OH is 1. The second-order valence-corrected chi connectivity index (χ2v) is 6.28. The molecule has 1 aromatic carbocycles. The zero-order chi connectivity index (χ0) is 18.7. The second kappa shape index (κ2) is 7.65. The van der Waals surface area contributed by atoms with Crippen LogP contribution < -0.4 is 15.4 Å². The molecule has 1 heterocycles. The standard InChI is InChI=1S/C18H21FN4O3/c1-20-18-21-8-12(9-22-18)17(25)23-16(11-5-13(24)6-11)10-3-4-15(26-2)14(19)7-10/h3-4,7-9,11,13,16,24H,5-6H2,1-2H3,(H,23,25)(H,20,21,22). The van der Waals surface area contributed by atoms with Crippen molar-refractivity contribution in [2.24, 2.45) is 5.92 Å². The van der Waals surface area contributed by atoms with Gasteiger partial charge in [-0.25, -0.2) is 14.4 Å². The largest absolute Gasteiger partial charge is 0.494 e. The predicted octanol–water partition coefficient (Wildman–Crippen LogP) is 1.91. The van der Waals surface area contributed by atoms with Gasteiger partial charge in [-0.05, 0) is 36.5 Å². The summed E-state index contributed by atoms with van der Waals surface area (Å²) < 4.78 is 19.0. The van der Waals surface area contributed by atoms with Crippen LogP contribution in [0.2, 0.25) is 0 Å². The molecule has 26 heavy (non-hydrogen) atoms. The van der Waals surface area contributed by atoms with Gasteiger partial charge < -0.3 is 20.5 Å². The summed E-state index contributed by atoms with van der Waals surface area (Å²) in [6.45, 7) is 0. The number of amides is 1. The van der Waals surface area contributed by atoms with Crippen molar-refractivity contribution in [2.75, 3.05) is 19.5 Å². The van der Waals surface area contributed by atoms with Crippen LogP contribution in [0.1, 0.15) is 34.8 Å². The summed E-state index contributed by atoms with van der Waals surface area (Å²) in [6, 6.07) is 4.19. The van der Waals surface area contributed by atoms with Crippen LogP contribution >= 0.6 is 0 Å². The SMILES string of the molecule is CNc1ncc(C(=O)NC(c2ccc(OC)c(F)c2)C2CC(O)C2)cn1. The molecule has 7 nitrogen and oxygen atoms in total. The minimum Gasteiger partial charge on any atom is -0.494 e. The van der Waals surface area contributed by atoms with E-state index in [9.17, 15) is 14.3 Å². The molecule has 1 aliphatic carbocycles. The van der Waals surface area contributed by atoms with Gasteiger partial charge in [0.15, 0.2) is 11.6 Å². The molecule has 8 heteroatoms. The number of carbonyl (C=O) groups is 1. The van der Waals surface area contributed by atoms with Crippen molar-refractivity contribution in [3.63, 3.8) is 0 Å². The third-order valence-electron chi connectivity index (χ3n) is 4.58. The van der Waals surface area contributed by atoms with Crippen LogP contribution in [-0.2, 0) is 0 Å². The Morgan fingerprint density at radius 2 is 2.04 bits per heavy atom.